The highest BCUT2D eigenvalue weighted by Gasteiger charge is 2.18. The summed E-state index contributed by atoms with van der Waals surface area (Å²) in [4.78, 5) is 13.7. The summed E-state index contributed by atoms with van der Waals surface area (Å²) < 4.78 is 38.9. The zero-order chi connectivity index (χ0) is 20.5. The number of ether oxygens (including phenoxy) is 2. The Balaban J connectivity index is 1.56. The largest absolute Gasteiger partial charge is 0.494 e. The van der Waals surface area contributed by atoms with Crippen molar-refractivity contribution in [2.75, 3.05) is 7.11 Å². The van der Waals surface area contributed by atoms with Gasteiger partial charge in [0.25, 0.3) is 0 Å². The van der Waals surface area contributed by atoms with Crippen LogP contribution in [0.25, 0.3) is 15.9 Å². The van der Waals surface area contributed by atoms with E-state index in [-0.39, 0.29) is 18.2 Å². The summed E-state index contributed by atoms with van der Waals surface area (Å²) in [6.07, 6.45) is 0. The SMILES string of the molecule is COc1ccc(COC(=O)c2cc3c(C)nn(-c4ccc(F)cc4)c3s2)cc1F. The number of carbonyl (C=O) groups excluding carboxylic acids is 1. The van der Waals surface area contributed by atoms with Crippen LogP contribution in [-0.4, -0.2) is 22.9 Å². The monoisotopic (exact) mass is 414 g/mol. The van der Waals surface area contributed by atoms with Gasteiger partial charge in [-0.3, -0.25) is 0 Å². The summed E-state index contributed by atoms with van der Waals surface area (Å²) in [5, 5.41) is 5.29. The maximum Gasteiger partial charge on any atom is 0.348 e. The highest BCUT2D eigenvalue weighted by molar-refractivity contribution is 7.20. The molecule has 0 N–H and O–H groups in total. The van der Waals surface area contributed by atoms with E-state index in [1.807, 2.05) is 6.92 Å². The van der Waals surface area contributed by atoms with Gasteiger partial charge in [0.1, 0.15) is 22.1 Å². The molecule has 0 fully saturated rings. The molecule has 0 spiro atoms. The van der Waals surface area contributed by atoms with Gasteiger partial charge in [0, 0.05) is 5.39 Å². The molecule has 8 heteroatoms. The number of methoxy groups -OCH3 is 1. The Morgan fingerprint density at radius 3 is 2.59 bits per heavy atom. The lowest BCUT2D eigenvalue weighted by Gasteiger charge is -2.06. The number of halogens is 2. The first-order chi connectivity index (χ1) is 14.0. The number of thiophene rings is 1. The first kappa shape index (κ1) is 19.1. The third-order valence-electron chi connectivity index (χ3n) is 4.40. The van der Waals surface area contributed by atoms with Gasteiger partial charge in [-0.15, -0.1) is 11.3 Å². The van der Waals surface area contributed by atoms with Gasteiger partial charge in [-0.1, -0.05) is 6.07 Å². The molecule has 0 aliphatic carbocycles. The molecule has 0 aliphatic heterocycles. The fourth-order valence-corrected chi connectivity index (χ4v) is 4.00. The predicted molar refractivity (Wildman–Crippen MR) is 106 cm³/mol. The molecule has 0 atom stereocenters. The lowest BCUT2D eigenvalue weighted by atomic mass is 10.2. The molecule has 2 aromatic carbocycles. The van der Waals surface area contributed by atoms with Crippen LogP contribution < -0.4 is 4.74 Å². The Morgan fingerprint density at radius 2 is 1.90 bits per heavy atom. The smallest absolute Gasteiger partial charge is 0.348 e. The molecule has 148 valence electrons. The highest BCUT2D eigenvalue weighted by atomic mass is 32.1. The second kappa shape index (κ2) is 7.63. The molecule has 0 unspecified atom stereocenters. The molecule has 2 aromatic heterocycles. The minimum absolute atomic E-state index is 0.0585. The Kier molecular flexibility index (Phi) is 5.02. The molecule has 2 heterocycles. The highest BCUT2D eigenvalue weighted by Crippen LogP contribution is 2.31. The van der Waals surface area contributed by atoms with Crippen molar-refractivity contribution in [2.45, 2.75) is 13.5 Å². The van der Waals surface area contributed by atoms with E-state index in [0.717, 1.165) is 15.9 Å². The summed E-state index contributed by atoms with van der Waals surface area (Å²) in [7, 11) is 1.38. The quantitative estimate of drug-likeness (QED) is 0.430. The van der Waals surface area contributed by atoms with Gasteiger partial charge < -0.3 is 9.47 Å². The van der Waals surface area contributed by atoms with E-state index in [2.05, 4.69) is 5.10 Å². The van der Waals surface area contributed by atoms with E-state index >= 15 is 0 Å². The third kappa shape index (κ3) is 3.71. The number of aryl methyl sites for hydroxylation is 1. The molecule has 29 heavy (non-hydrogen) atoms. The average molecular weight is 414 g/mol. The molecule has 0 saturated heterocycles. The Bertz CT molecular complexity index is 1200. The number of hydrogen-bond donors (Lipinski definition) is 0. The number of aromatic nitrogens is 2. The van der Waals surface area contributed by atoms with Crippen LogP contribution in [0.15, 0.2) is 48.5 Å². The Hall–Kier alpha value is -3.26. The molecule has 4 rings (SSSR count). The van der Waals surface area contributed by atoms with Crippen LogP contribution in [0.4, 0.5) is 8.78 Å². The summed E-state index contributed by atoms with van der Waals surface area (Å²) in [5.74, 6) is -1.23. The van der Waals surface area contributed by atoms with Crippen LogP contribution in [-0.2, 0) is 11.3 Å². The lowest BCUT2D eigenvalue weighted by molar-refractivity contribution is 0.0478. The number of fused-ring (bicyclic) bond motifs is 1. The number of hydrogen-bond acceptors (Lipinski definition) is 5. The topological polar surface area (TPSA) is 53.4 Å². The minimum atomic E-state index is -0.516. The zero-order valence-electron chi connectivity index (χ0n) is 15.6. The molecular formula is C21H16F2N2O3S. The standard InChI is InChI=1S/C21H16F2N2O3S/c1-12-16-10-19(21(26)28-11-13-3-8-18(27-2)17(23)9-13)29-20(16)25(24-12)15-6-4-14(22)5-7-15/h3-10H,11H2,1-2H3. The average Bonchev–Trinajstić information content (AvgIpc) is 3.28. The summed E-state index contributed by atoms with van der Waals surface area (Å²) in [6.45, 7) is 1.78. The molecular weight excluding hydrogens is 398 g/mol. The van der Waals surface area contributed by atoms with Gasteiger partial charge in [-0.25, -0.2) is 18.3 Å². The van der Waals surface area contributed by atoms with Gasteiger partial charge in [-0.2, -0.15) is 5.10 Å². The number of nitrogens with zero attached hydrogens (tertiary/aromatic N) is 2. The van der Waals surface area contributed by atoms with Gasteiger partial charge in [0.2, 0.25) is 0 Å². The normalized spacial score (nSPS) is 11.0. The van der Waals surface area contributed by atoms with Crippen LogP contribution in [0.3, 0.4) is 0 Å². The van der Waals surface area contributed by atoms with E-state index in [1.165, 1.54) is 42.7 Å². The molecule has 5 nitrogen and oxygen atoms in total. The van der Waals surface area contributed by atoms with Crippen molar-refractivity contribution < 1.29 is 23.0 Å². The maximum absolute atomic E-state index is 13.8. The van der Waals surface area contributed by atoms with Crippen molar-refractivity contribution in [3.8, 4) is 11.4 Å². The van der Waals surface area contributed by atoms with Gasteiger partial charge >= 0.3 is 5.97 Å². The van der Waals surface area contributed by atoms with E-state index < -0.39 is 11.8 Å². The van der Waals surface area contributed by atoms with Crippen molar-refractivity contribution in [1.82, 2.24) is 9.78 Å². The number of carbonyl (C=O) groups is 1. The number of rotatable bonds is 5. The van der Waals surface area contributed by atoms with E-state index in [1.54, 1.807) is 28.9 Å². The van der Waals surface area contributed by atoms with Crippen molar-refractivity contribution >= 4 is 27.5 Å². The van der Waals surface area contributed by atoms with E-state index in [0.29, 0.717) is 16.1 Å². The summed E-state index contributed by atoms with van der Waals surface area (Å²) >= 11 is 1.23. The Morgan fingerprint density at radius 1 is 1.14 bits per heavy atom. The van der Waals surface area contributed by atoms with Crippen molar-refractivity contribution in [2.24, 2.45) is 0 Å². The lowest BCUT2D eigenvalue weighted by Crippen LogP contribution is -2.04. The molecule has 4 aromatic rings. The Labute approximate surface area is 169 Å². The predicted octanol–water partition coefficient (Wildman–Crippen LogP) is 5.04. The maximum atomic E-state index is 13.8. The van der Waals surface area contributed by atoms with Crippen LogP contribution in [0, 0.1) is 18.6 Å². The fraction of sp³-hybridized carbons (Fsp3) is 0.143. The van der Waals surface area contributed by atoms with Gasteiger partial charge in [-0.05, 0) is 55.0 Å². The molecule has 0 saturated carbocycles. The molecule has 0 bridgehead atoms. The molecule has 0 amide bonds. The van der Waals surface area contributed by atoms with Crippen molar-refractivity contribution in [3.05, 3.63) is 76.3 Å². The fourth-order valence-electron chi connectivity index (χ4n) is 2.92. The van der Waals surface area contributed by atoms with Crippen LogP contribution in [0.2, 0.25) is 0 Å². The van der Waals surface area contributed by atoms with Gasteiger partial charge in [0.05, 0.1) is 18.5 Å². The molecule has 0 aliphatic rings. The van der Waals surface area contributed by atoms with Crippen molar-refractivity contribution in [1.29, 1.82) is 0 Å². The minimum Gasteiger partial charge on any atom is -0.494 e. The third-order valence-corrected chi connectivity index (χ3v) is 5.49. The second-order valence-corrected chi connectivity index (χ2v) is 7.38. The molecule has 0 radical (unpaired) electrons. The van der Waals surface area contributed by atoms with Gasteiger partial charge in [0.15, 0.2) is 11.6 Å². The second-order valence-electron chi connectivity index (χ2n) is 6.35. The summed E-state index contributed by atoms with van der Waals surface area (Å²) in [5.41, 5.74) is 1.96. The number of benzene rings is 2. The van der Waals surface area contributed by atoms with Crippen LogP contribution >= 0.6 is 11.3 Å². The van der Waals surface area contributed by atoms with Crippen molar-refractivity contribution in [3.63, 3.8) is 0 Å². The first-order valence-electron chi connectivity index (χ1n) is 8.71. The number of esters is 1. The zero-order valence-corrected chi connectivity index (χ0v) is 16.4. The van der Waals surface area contributed by atoms with Crippen LogP contribution in [0.1, 0.15) is 20.9 Å². The van der Waals surface area contributed by atoms with E-state index in [4.69, 9.17) is 9.47 Å². The van der Waals surface area contributed by atoms with Crippen LogP contribution in [0.5, 0.6) is 5.75 Å². The van der Waals surface area contributed by atoms with E-state index in [9.17, 15) is 13.6 Å². The first-order valence-corrected chi connectivity index (χ1v) is 9.52. The summed E-state index contributed by atoms with van der Waals surface area (Å²) in [6, 6.07) is 12.1.